The average Bonchev–Trinajstić information content (AvgIpc) is 3.28. The maximum Gasteiger partial charge on any atom is 0.410 e. The van der Waals surface area contributed by atoms with Crippen molar-refractivity contribution in [3.63, 3.8) is 0 Å². The molecule has 1 saturated heterocycles. The lowest BCUT2D eigenvalue weighted by Crippen LogP contribution is -2.41. The van der Waals surface area contributed by atoms with Crippen LogP contribution in [0, 0.1) is 0 Å². The molecule has 2 aliphatic heterocycles. The normalized spacial score (nSPS) is 15.1. The summed E-state index contributed by atoms with van der Waals surface area (Å²) in [6, 6.07) is 13.5. The molecule has 3 aromatic rings. The fraction of sp³-hybridized carbons (Fsp3) is 0.273. The number of hydrogen-bond acceptors (Lipinski definition) is 6. The smallest absolute Gasteiger partial charge is 0.410 e. The number of fused-ring (bicyclic) bond motifs is 3. The van der Waals surface area contributed by atoms with E-state index in [1.807, 2.05) is 41.8 Å². The van der Waals surface area contributed by atoms with Gasteiger partial charge in [0.25, 0.3) is 5.56 Å². The van der Waals surface area contributed by atoms with Gasteiger partial charge in [-0.2, -0.15) is 0 Å². The fourth-order valence-electron chi connectivity index (χ4n) is 3.83. The Bertz CT molecular complexity index is 1130. The van der Waals surface area contributed by atoms with Gasteiger partial charge in [0, 0.05) is 24.2 Å². The van der Waals surface area contributed by atoms with E-state index >= 15 is 0 Å². The Morgan fingerprint density at radius 2 is 1.97 bits per heavy atom. The lowest BCUT2D eigenvalue weighted by Gasteiger charge is -2.27. The first kappa shape index (κ1) is 18.9. The van der Waals surface area contributed by atoms with Gasteiger partial charge in [0.15, 0.2) is 0 Å². The molecule has 2 aromatic heterocycles. The second kappa shape index (κ2) is 7.97. The van der Waals surface area contributed by atoms with Crippen LogP contribution in [0.2, 0.25) is 0 Å². The number of thiophene rings is 1. The zero-order valence-electron chi connectivity index (χ0n) is 16.3. The lowest BCUT2D eigenvalue weighted by molar-refractivity contribution is 0.0250. The van der Waals surface area contributed by atoms with E-state index in [1.54, 1.807) is 20.9 Å². The summed E-state index contributed by atoms with van der Waals surface area (Å²) >= 11 is 1.59. The molecular weight excluding hydrogens is 402 g/mol. The Morgan fingerprint density at radius 3 is 2.77 bits per heavy atom. The molecule has 8 heteroatoms. The number of morpholine rings is 1. The second-order valence-electron chi connectivity index (χ2n) is 7.20. The Morgan fingerprint density at radius 1 is 1.17 bits per heavy atom. The maximum absolute atomic E-state index is 13.3. The molecule has 0 radical (unpaired) electrons. The first-order valence-corrected chi connectivity index (χ1v) is 10.7. The number of nitrogens with zero attached hydrogens (tertiary/aromatic N) is 2. The minimum Gasteiger partial charge on any atom is -0.444 e. The van der Waals surface area contributed by atoms with Gasteiger partial charge >= 0.3 is 6.09 Å². The van der Waals surface area contributed by atoms with Gasteiger partial charge in [0.1, 0.15) is 6.61 Å². The molecule has 1 amide bonds. The predicted molar refractivity (Wildman–Crippen MR) is 115 cm³/mol. The summed E-state index contributed by atoms with van der Waals surface area (Å²) in [5.41, 5.74) is 7.21. The molecule has 0 bridgehead atoms. The average molecular weight is 423 g/mol. The van der Waals surface area contributed by atoms with Crippen LogP contribution in [0.1, 0.15) is 11.1 Å². The Kier molecular flexibility index (Phi) is 5.02. The van der Waals surface area contributed by atoms with Crippen molar-refractivity contribution < 1.29 is 14.3 Å². The van der Waals surface area contributed by atoms with Crippen molar-refractivity contribution in [1.29, 1.82) is 0 Å². The fourth-order valence-corrected chi connectivity index (χ4v) is 4.82. The van der Waals surface area contributed by atoms with Crippen molar-refractivity contribution in [3.05, 3.63) is 69.3 Å². The van der Waals surface area contributed by atoms with Crippen molar-refractivity contribution in [2.24, 2.45) is 0 Å². The first-order valence-electron chi connectivity index (χ1n) is 9.87. The Hall–Kier alpha value is -3.10. The number of carbonyl (C=O) groups is 1. The number of nitrogens with one attached hydrogen (secondary N) is 1. The number of benzene rings is 1. The van der Waals surface area contributed by atoms with Crippen molar-refractivity contribution in [2.45, 2.75) is 13.2 Å². The summed E-state index contributed by atoms with van der Waals surface area (Å²) in [7, 11) is 0. The molecule has 154 valence electrons. The third kappa shape index (κ3) is 3.38. The SMILES string of the molecule is O=C(OCc1cc(-c2ccccc2)c(=O)n2c1-c1sccc1CN2)N1CCOCC1. The summed E-state index contributed by atoms with van der Waals surface area (Å²) in [5.74, 6) is 0. The molecule has 7 nitrogen and oxygen atoms in total. The van der Waals surface area contributed by atoms with Crippen molar-refractivity contribution >= 4 is 17.4 Å². The van der Waals surface area contributed by atoms with Gasteiger partial charge in [-0.15, -0.1) is 11.3 Å². The highest BCUT2D eigenvalue weighted by Gasteiger charge is 2.25. The van der Waals surface area contributed by atoms with Crippen LogP contribution in [0.5, 0.6) is 0 Å². The van der Waals surface area contributed by atoms with Gasteiger partial charge in [-0.1, -0.05) is 30.3 Å². The molecule has 1 fully saturated rings. The van der Waals surface area contributed by atoms with Gasteiger partial charge in [0.2, 0.25) is 0 Å². The van der Waals surface area contributed by atoms with E-state index in [0.29, 0.717) is 38.4 Å². The number of rotatable bonds is 3. The molecule has 0 aliphatic carbocycles. The Labute approximate surface area is 177 Å². The highest BCUT2D eigenvalue weighted by molar-refractivity contribution is 7.13. The molecule has 30 heavy (non-hydrogen) atoms. The quantitative estimate of drug-likeness (QED) is 0.700. The van der Waals surface area contributed by atoms with Crippen LogP contribution in [-0.4, -0.2) is 42.0 Å². The standard InChI is InChI=1S/C22H21N3O4S/c26-21-18(15-4-2-1-3-5-15)12-17(14-29-22(27)24-7-9-28-10-8-24)19-20-16(6-11-30-20)13-23-25(19)21/h1-6,11-12,23H,7-10,13-14H2. The summed E-state index contributed by atoms with van der Waals surface area (Å²) < 4.78 is 12.5. The number of ether oxygens (including phenoxy) is 2. The zero-order chi connectivity index (χ0) is 20.5. The highest BCUT2D eigenvalue weighted by Crippen LogP contribution is 2.35. The molecule has 0 unspecified atom stereocenters. The van der Waals surface area contributed by atoms with Crippen molar-refractivity contribution in [3.8, 4) is 21.7 Å². The maximum atomic E-state index is 13.3. The molecule has 0 spiro atoms. The van der Waals surface area contributed by atoms with Gasteiger partial charge in [-0.3, -0.25) is 4.79 Å². The number of aromatic nitrogens is 1. The van der Waals surface area contributed by atoms with Gasteiger partial charge < -0.3 is 19.8 Å². The second-order valence-corrected chi connectivity index (χ2v) is 8.12. The van der Waals surface area contributed by atoms with Crippen molar-refractivity contribution in [2.75, 3.05) is 31.7 Å². The molecule has 5 rings (SSSR count). The van der Waals surface area contributed by atoms with E-state index in [-0.39, 0.29) is 18.3 Å². The van der Waals surface area contributed by atoms with E-state index in [4.69, 9.17) is 9.47 Å². The Balaban J connectivity index is 1.55. The van der Waals surface area contributed by atoms with Crippen molar-refractivity contribution in [1.82, 2.24) is 9.58 Å². The van der Waals surface area contributed by atoms with E-state index < -0.39 is 0 Å². The molecule has 4 heterocycles. The van der Waals surface area contributed by atoms with E-state index in [0.717, 1.165) is 27.3 Å². The van der Waals surface area contributed by atoms with Crippen LogP contribution in [0.15, 0.2) is 52.6 Å². The number of amides is 1. The van der Waals surface area contributed by atoms with Gasteiger partial charge in [-0.25, -0.2) is 9.47 Å². The molecule has 0 atom stereocenters. The summed E-state index contributed by atoms with van der Waals surface area (Å²) in [6.45, 7) is 2.76. The van der Waals surface area contributed by atoms with Crippen LogP contribution < -0.4 is 11.0 Å². The largest absolute Gasteiger partial charge is 0.444 e. The molecule has 1 aromatic carbocycles. The number of hydrogen-bond donors (Lipinski definition) is 1. The van der Waals surface area contributed by atoms with Crippen LogP contribution in [0.25, 0.3) is 21.7 Å². The predicted octanol–water partition coefficient (Wildman–Crippen LogP) is 3.27. The summed E-state index contributed by atoms with van der Waals surface area (Å²) in [6.07, 6.45) is -0.361. The number of pyridine rings is 1. The third-order valence-corrected chi connectivity index (χ3v) is 6.34. The van der Waals surface area contributed by atoms with E-state index in [1.165, 1.54) is 0 Å². The van der Waals surface area contributed by atoms with Gasteiger partial charge in [-0.05, 0) is 28.6 Å². The molecule has 2 aliphatic rings. The van der Waals surface area contributed by atoms with Crippen LogP contribution >= 0.6 is 11.3 Å². The summed E-state index contributed by atoms with van der Waals surface area (Å²) in [5, 5.41) is 2.01. The van der Waals surface area contributed by atoms with Crippen LogP contribution in [0.3, 0.4) is 0 Å². The minimum atomic E-state index is -0.361. The van der Waals surface area contributed by atoms with E-state index in [9.17, 15) is 9.59 Å². The number of carbonyl (C=O) groups excluding carboxylic acids is 1. The topological polar surface area (TPSA) is 72.8 Å². The van der Waals surface area contributed by atoms with Gasteiger partial charge in [0.05, 0.1) is 30.3 Å². The molecule has 0 saturated carbocycles. The zero-order valence-corrected chi connectivity index (χ0v) is 17.1. The molecule has 1 N–H and O–H groups in total. The van der Waals surface area contributed by atoms with Crippen LogP contribution in [0.4, 0.5) is 4.79 Å². The van der Waals surface area contributed by atoms with Crippen LogP contribution in [-0.2, 0) is 22.6 Å². The lowest BCUT2D eigenvalue weighted by atomic mass is 10.0. The summed E-state index contributed by atoms with van der Waals surface area (Å²) in [4.78, 5) is 28.5. The minimum absolute atomic E-state index is 0.0880. The monoisotopic (exact) mass is 423 g/mol. The van der Waals surface area contributed by atoms with E-state index in [2.05, 4.69) is 11.5 Å². The molecular formula is C22H21N3O4S. The first-order chi connectivity index (χ1) is 14.7. The third-order valence-electron chi connectivity index (χ3n) is 5.37. The highest BCUT2D eigenvalue weighted by atomic mass is 32.1.